The summed E-state index contributed by atoms with van der Waals surface area (Å²) in [7, 11) is 0. The van der Waals surface area contributed by atoms with Gasteiger partial charge in [-0.15, -0.1) is 0 Å². The van der Waals surface area contributed by atoms with E-state index >= 15 is 0 Å². The Morgan fingerprint density at radius 3 is 2.80 bits per heavy atom. The highest BCUT2D eigenvalue weighted by atomic mass is 16.1. The Kier molecular flexibility index (Phi) is 2.26. The summed E-state index contributed by atoms with van der Waals surface area (Å²) in [6.45, 7) is 0. The van der Waals surface area contributed by atoms with Crippen LogP contribution in [0.4, 0.5) is 5.69 Å². The molecule has 0 saturated heterocycles. The summed E-state index contributed by atoms with van der Waals surface area (Å²) in [5.41, 5.74) is 3.56. The minimum Gasteiger partial charge on any atom is -0.292 e. The molecule has 0 fully saturated rings. The summed E-state index contributed by atoms with van der Waals surface area (Å²) < 4.78 is 1.68. The number of hydrogen-bond acceptors (Lipinski definition) is 4. The third kappa shape index (κ3) is 1.56. The zero-order valence-corrected chi connectivity index (χ0v) is 10.5. The molecule has 0 radical (unpaired) electrons. The van der Waals surface area contributed by atoms with Crippen LogP contribution in [0.1, 0.15) is 11.3 Å². The van der Waals surface area contributed by atoms with Crippen LogP contribution >= 0.6 is 0 Å². The van der Waals surface area contributed by atoms with Crippen LogP contribution in [0.3, 0.4) is 0 Å². The van der Waals surface area contributed by atoms with E-state index in [-0.39, 0.29) is 5.78 Å². The molecule has 0 bridgehead atoms. The van der Waals surface area contributed by atoms with Crippen molar-refractivity contribution in [2.75, 3.05) is 0 Å². The van der Waals surface area contributed by atoms with Crippen molar-refractivity contribution in [3.05, 3.63) is 60.0 Å². The van der Waals surface area contributed by atoms with Gasteiger partial charge in [0.25, 0.3) is 0 Å². The summed E-state index contributed by atoms with van der Waals surface area (Å²) in [5, 5.41) is 4.20. The zero-order valence-electron chi connectivity index (χ0n) is 10.5. The Morgan fingerprint density at radius 1 is 1.10 bits per heavy atom. The number of hydrogen-bond donors (Lipinski definition) is 0. The maximum atomic E-state index is 12.3. The predicted octanol–water partition coefficient (Wildman–Crippen LogP) is 1.98. The highest BCUT2D eigenvalue weighted by Crippen LogP contribution is 2.25. The number of aromatic nitrogens is 3. The van der Waals surface area contributed by atoms with Crippen LogP contribution in [0.25, 0.3) is 5.65 Å². The van der Waals surface area contributed by atoms with Gasteiger partial charge in [0.1, 0.15) is 11.4 Å². The standard InChI is InChI=1S/C15H10N4O/c20-13-8-12-11(9-16-14-6-7-17-19(12)14)18-15(13)10-4-2-1-3-5-10/h1-7,9H,8H2. The van der Waals surface area contributed by atoms with E-state index in [1.165, 1.54) is 0 Å². The van der Waals surface area contributed by atoms with E-state index in [9.17, 15) is 4.79 Å². The average molecular weight is 262 g/mol. The summed E-state index contributed by atoms with van der Waals surface area (Å²) >= 11 is 0. The number of fused-ring (bicyclic) bond motifs is 3. The lowest BCUT2D eigenvalue weighted by Gasteiger charge is -2.15. The smallest absolute Gasteiger partial charge is 0.187 e. The van der Waals surface area contributed by atoms with E-state index in [4.69, 9.17) is 0 Å². The molecule has 0 N–H and O–H groups in total. The van der Waals surface area contributed by atoms with E-state index in [0.29, 0.717) is 17.8 Å². The summed E-state index contributed by atoms with van der Waals surface area (Å²) in [4.78, 5) is 21.1. The molecule has 0 amide bonds. The molecule has 0 aliphatic carbocycles. The van der Waals surface area contributed by atoms with Gasteiger partial charge in [-0.3, -0.25) is 4.79 Å². The van der Waals surface area contributed by atoms with E-state index in [1.807, 2.05) is 30.3 Å². The number of rotatable bonds is 1. The number of Topliss-reactive ketones (excluding diaryl/α,β-unsaturated/α-hetero) is 1. The van der Waals surface area contributed by atoms with Crippen molar-refractivity contribution in [2.45, 2.75) is 6.42 Å². The fourth-order valence-electron chi connectivity index (χ4n) is 2.41. The van der Waals surface area contributed by atoms with Crippen molar-refractivity contribution in [2.24, 2.45) is 4.99 Å². The van der Waals surface area contributed by atoms with E-state index in [2.05, 4.69) is 15.1 Å². The highest BCUT2D eigenvalue weighted by Gasteiger charge is 2.24. The second-order valence-electron chi connectivity index (χ2n) is 4.62. The van der Waals surface area contributed by atoms with Gasteiger partial charge in [-0.05, 0) is 0 Å². The van der Waals surface area contributed by atoms with E-state index in [1.54, 1.807) is 23.0 Å². The number of ketones is 1. The quantitative estimate of drug-likeness (QED) is 0.673. The fraction of sp³-hybridized carbons (Fsp3) is 0.0667. The van der Waals surface area contributed by atoms with E-state index < -0.39 is 0 Å². The summed E-state index contributed by atoms with van der Waals surface area (Å²) in [5.74, 6) is 0.00620. The first-order chi connectivity index (χ1) is 9.83. The van der Waals surface area contributed by atoms with Crippen LogP contribution in [-0.4, -0.2) is 26.1 Å². The van der Waals surface area contributed by atoms with Gasteiger partial charge in [0.05, 0.1) is 24.5 Å². The fourth-order valence-corrected chi connectivity index (χ4v) is 2.41. The first-order valence-corrected chi connectivity index (χ1v) is 6.32. The Bertz CT molecular complexity index is 849. The molecule has 20 heavy (non-hydrogen) atoms. The number of carbonyl (C=O) groups excluding carboxylic acids is 1. The van der Waals surface area contributed by atoms with Gasteiger partial charge in [-0.1, -0.05) is 30.3 Å². The number of aliphatic imine (C=N–C) groups is 1. The van der Waals surface area contributed by atoms with Crippen molar-refractivity contribution in [3.8, 4) is 0 Å². The largest absolute Gasteiger partial charge is 0.292 e. The third-order valence-electron chi connectivity index (χ3n) is 3.36. The molecule has 1 aliphatic rings. The second kappa shape index (κ2) is 4.09. The highest BCUT2D eigenvalue weighted by molar-refractivity contribution is 6.47. The molecule has 2 aromatic heterocycles. The molecule has 4 rings (SSSR count). The molecule has 0 atom stereocenters. The maximum Gasteiger partial charge on any atom is 0.187 e. The molecule has 0 spiro atoms. The molecular weight excluding hydrogens is 252 g/mol. The lowest BCUT2D eigenvalue weighted by Crippen LogP contribution is -2.23. The van der Waals surface area contributed by atoms with Gasteiger partial charge in [-0.25, -0.2) is 14.5 Å². The molecule has 1 aliphatic heterocycles. The van der Waals surface area contributed by atoms with Crippen molar-refractivity contribution >= 4 is 22.8 Å². The normalized spacial score (nSPS) is 14.2. The van der Waals surface area contributed by atoms with Crippen LogP contribution in [0.5, 0.6) is 0 Å². The molecule has 96 valence electrons. The summed E-state index contributed by atoms with van der Waals surface area (Å²) in [6.07, 6.45) is 3.66. The lowest BCUT2D eigenvalue weighted by molar-refractivity contribution is -0.112. The molecule has 0 saturated carbocycles. The molecule has 0 unspecified atom stereocenters. The summed E-state index contributed by atoms with van der Waals surface area (Å²) in [6, 6.07) is 11.3. The van der Waals surface area contributed by atoms with Gasteiger partial charge in [0.15, 0.2) is 11.4 Å². The topological polar surface area (TPSA) is 59.6 Å². The SMILES string of the molecule is O=C1Cc2c(cnc3ccnn23)N=C1c1ccccc1. The van der Waals surface area contributed by atoms with Crippen LogP contribution in [0.15, 0.2) is 53.8 Å². The average Bonchev–Trinajstić information content (AvgIpc) is 2.96. The molecular formula is C15H10N4O. The van der Waals surface area contributed by atoms with Gasteiger partial charge in [-0.2, -0.15) is 5.10 Å². The first kappa shape index (κ1) is 11.0. The van der Waals surface area contributed by atoms with Crippen molar-refractivity contribution in [1.29, 1.82) is 0 Å². The lowest BCUT2D eigenvalue weighted by atomic mass is 10.00. The van der Waals surface area contributed by atoms with Crippen LogP contribution in [-0.2, 0) is 11.2 Å². The minimum atomic E-state index is 0.00620. The number of benzene rings is 1. The Morgan fingerprint density at radius 2 is 1.95 bits per heavy atom. The molecule has 3 aromatic rings. The third-order valence-corrected chi connectivity index (χ3v) is 3.36. The number of nitrogens with zero attached hydrogens (tertiary/aromatic N) is 4. The van der Waals surface area contributed by atoms with Gasteiger partial charge < -0.3 is 0 Å². The van der Waals surface area contributed by atoms with Crippen LogP contribution in [0.2, 0.25) is 0 Å². The van der Waals surface area contributed by atoms with Crippen LogP contribution in [0, 0.1) is 0 Å². The van der Waals surface area contributed by atoms with Gasteiger partial charge in [0.2, 0.25) is 0 Å². The Balaban J connectivity index is 1.94. The van der Waals surface area contributed by atoms with Gasteiger partial charge in [0, 0.05) is 11.6 Å². The predicted molar refractivity (Wildman–Crippen MR) is 74.3 cm³/mol. The molecule has 5 nitrogen and oxygen atoms in total. The van der Waals surface area contributed by atoms with Crippen molar-refractivity contribution < 1.29 is 4.79 Å². The maximum absolute atomic E-state index is 12.3. The zero-order chi connectivity index (χ0) is 13.5. The Hall–Kier alpha value is -2.82. The van der Waals surface area contributed by atoms with Gasteiger partial charge >= 0.3 is 0 Å². The Labute approximate surface area is 114 Å². The molecule has 1 aromatic carbocycles. The van der Waals surface area contributed by atoms with E-state index in [0.717, 1.165) is 16.9 Å². The van der Waals surface area contributed by atoms with Crippen LogP contribution < -0.4 is 0 Å². The van der Waals surface area contributed by atoms with Crippen molar-refractivity contribution in [3.63, 3.8) is 0 Å². The minimum absolute atomic E-state index is 0.00620. The molecule has 5 heteroatoms. The monoisotopic (exact) mass is 262 g/mol. The first-order valence-electron chi connectivity index (χ1n) is 6.32. The van der Waals surface area contributed by atoms with Crippen molar-refractivity contribution in [1.82, 2.24) is 14.6 Å². The second-order valence-corrected chi connectivity index (χ2v) is 4.62. The molecule has 3 heterocycles. The number of carbonyl (C=O) groups is 1.